The third-order valence-electron chi connectivity index (χ3n) is 3.85. The number of alkyl halides is 3. The Morgan fingerprint density at radius 3 is 2.07 bits per heavy atom. The van der Waals surface area contributed by atoms with E-state index in [2.05, 4.69) is 0 Å². The SMILES string of the molecule is CC(=O)C(C(=O)c1ccc(Cl)cc1)C(=O)c1ccc(C(F)(F)F)cc1[N+](=O)[O-]. The highest BCUT2D eigenvalue weighted by Crippen LogP contribution is 2.34. The Kier molecular flexibility index (Phi) is 5.98. The lowest BCUT2D eigenvalue weighted by Crippen LogP contribution is -2.31. The van der Waals surface area contributed by atoms with Crippen LogP contribution in [0.5, 0.6) is 0 Å². The number of hydrogen-bond acceptors (Lipinski definition) is 5. The molecule has 0 bridgehead atoms. The predicted molar refractivity (Wildman–Crippen MR) is 92.4 cm³/mol. The van der Waals surface area contributed by atoms with Crippen molar-refractivity contribution in [1.29, 1.82) is 0 Å². The van der Waals surface area contributed by atoms with E-state index < -0.39 is 51.2 Å². The largest absolute Gasteiger partial charge is 0.416 e. The van der Waals surface area contributed by atoms with Gasteiger partial charge >= 0.3 is 6.18 Å². The number of benzene rings is 2. The summed E-state index contributed by atoms with van der Waals surface area (Å²) < 4.78 is 38.4. The van der Waals surface area contributed by atoms with E-state index in [1.165, 1.54) is 24.3 Å². The van der Waals surface area contributed by atoms with E-state index >= 15 is 0 Å². The zero-order chi connectivity index (χ0) is 21.2. The zero-order valence-electron chi connectivity index (χ0n) is 14.1. The molecular formula is C18H11ClF3NO5. The number of carbonyl (C=O) groups is 3. The van der Waals surface area contributed by atoms with E-state index in [9.17, 15) is 37.7 Å². The van der Waals surface area contributed by atoms with E-state index in [-0.39, 0.29) is 11.6 Å². The molecule has 6 nitrogen and oxygen atoms in total. The first kappa shape index (κ1) is 21.2. The fourth-order valence-corrected chi connectivity index (χ4v) is 2.62. The van der Waals surface area contributed by atoms with E-state index in [1.807, 2.05) is 0 Å². The van der Waals surface area contributed by atoms with Gasteiger partial charge < -0.3 is 0 Å². The Balaban J connectivity index is 2.54. The van der Waals surface area contributed by atoms with E-state index in [0.717, 1.165) is 6.92 Å². The van der Waals surface area contributed by atoms with Crippen LogP contribution in [0.15, 0.2) is 42.5 Å². The van der Waals surface area contributed by atoms with Crippen LogP contribution >= 0.6 is 11.6 Å². The average molecular weight is 414 g/mol. The van der Waals surface area contributed by atoms with Crippen molar-refractivity contribution in [2.24, 2.45) is 5.92 Å². The molecular weight excluding hydrogens is 403 g/mol. The molecule has 0 aliphatic rings. The van der Waals surface area contributed by atoms with Gasteiger partial charge in [0, 0.05) is 16.7 Å². The van der Waals surface area contributed by atoms with Crippen LogP contribution in [0, 0.1) is 16.0 Å². The lowest BCUT2D eigenvalue weighted by molar-refractivity contribution is -0.385. The van der Waals surface area contributed by atoms with Crippen LogP contribution in [0.1, 0.15) is 33.2 Å². The van der Waals surface area contributed by atoms with Crippen molar-refractivity contribution in [3.05, 3.63) is 74.3 Å². The van der Waals surface area contributed by atoms with Crippen molar-refractivity contribution in [2.75, 3.05) is 0 Å². The Morgan fingerprint density at radius 2 is 1.61 bits per heavy atom. The lowest BCUT2D eigenvalue weighted by atomic mass is 9.86. The highest BCUT2D eigenvalue weighted by Gasteiger charge is 2.38. The molecule has 10 heteroatoms. The number of nitro groups is 1. The Bertz CT molecular complexity index is 970. The molecule has 28 heavy (non-hydrogen) atoms. The molecule has 146 valence electrons. The average Bonchev–Trinajstić information content (AvgIpc) is 2.60. The summed E-state index contributed by atoms with van der Waals surface area (Å²) in [6, 6.07) is 6.47. The normalized spacial score (nSPS) is 12.3. The second-order valence-corrected chi connectivity index (χ2v) is 6.20. The molecule has 0 fully saturated rings. The third kappa shape index (κ3) is 4.42. The molecule has 2 aromatic carbocycles. The van der Waals surface area contributed by atoms with Gasteiger partial charge in [-0.05, 0) is 43.3 Å². The van der Waals surface area contributed by atoms with Crippen molar-refractivity contribution in [2.45, 2.75) is 13.1 Å². The number of nitro benzene ring substituents is 1. The quantitative estimate of drug-likeness (QED) is 0.300. The summed E-state index contributed by atoms with van der Waals surface area (Å²) in [4.78, 5) is 47.2. The first-order valence-electron chi connectivity index (χ1n) is 7.63. The molecule has 0 spiro atoms. The summed E-state index contributed by atoms with van der Waals surface area (Å²) >= 11 is 5.71. The van der Waals surface area contributed by atoms with Gasteiger partial charge in [0.25, 0.3) is 5.69 Å². The summed E-state index contributed by atoms with van der Waals surface area (Å²) in [5.74, 6) is -5.04. The van der Waals surface area contributed by atoms with E-state index in [4.69, 9.17) is 11.6 Å². The lowest BCUT2D eigenvalue weighted by Gasteiger charge is -2.13. The van der Waals surface area contributed by atoms with Gasteiger partial charge in [-0.3, -0.25) is 24.5 Å². The number of rotatable bonds is 6. The number of Topliss-reactive ketones (excluding diaryl/α,β-unsaturated/α-hetero) is 3. The topological polar surface area (TPSA) is 94.3 Å². The van der Waals surface area contributed by atoms with Crippen LogP contribution in [0.4, 0.5) is 18.9 Å². The minimum absolute atomic E-state index is 0.0486. The van der Waals surface area contributed by atoms with Gasteiger partial charge in [0.2, 0.25) is 0 Å². The van der Waals surface area contributed by atoms with E-state index in [0.29, 0.717) is 17.2 Å². The van der Waals surface area contributed by atoms with Gasteiger partial charge in [-0.15, -0.1) is 0 Å². The fraction of sp³-hybridized carbons (Fsp3) is 0.167. The van der Waals surface area contributed by atoms with Crippen molar-refractivity contribution >= 4 is 34.6 Å². The molecule has 2 aromatic rings. The second-order valence-electron chi connectivity index (χ2n) is 5.77. The van der Waals surface area contributed by atoms with Gasteiger partial charge in [-0.25, -0.2) is 0 Å². The van der Waals surface area contributed by atoms with Crippen molar-refractivity contribution in [3.63, 3.8) is 0 Å². The minimum atomic E-state index is -4.87. The molecule has 0 N–H and O–H groups in total. The van der Waals surface area contributed by atoms with Gasteiger partial charge in [0.1, 0.15) is 11.7 Å². The molecule has 0 saturated heterocycles. The molecule has 1 atom stereocenters. The van der Waals surface area contributed by atoms with Crippen LogP contribution in [-0.2, 0) is 11.0 Å². The van der Waals surface area contributed by atoms with E-state index in [1.54, 1.807) is 0 Å². The van der Waals surface area contributed by atoms with Gasteiger partial charge in [0.15, 0.2) is 11.6 Å². The zero-order valence-corrected chi connectivity index (χ0v) is 14.9. The summed E-state index contributed by atoms with van der Waals surface area (Å²) in [5, 5.41) is 11.5. The molecule has 0 saturated carbocycles. The van der Waals surface area contributed by atoms with Gasteiger partial charge in [-0.2, -0.15) is 13.2 Å². The summed E-state index contributed by atoms with van der Waals surface area (Å²) in [5.41, 5.74) is -3.29. The number of nitrogens with zero attached hydrogens (tertiary/aromatic N) is 1. The number of hydrogen-bond donors (Lipinski definition) is 0. The van der Waals surface area contributed by atoms with Crippen molar-refractivity contribution < 1.29 is 32.5 Å². The van der Waals surface area contributed by atoms with Crippen molar-refractivity contribution in [1.82, 2.24) is 0 Å². The molecule has 0 radical (unpaired) electrons. The number of ketones is 3. The van der Waals surface area contributed by atoms with Crippen LogP contribution in [0.3, 0.4) is 0 Å². The Hall–Kier alpha value is -3.07. The fourth-order valence-electron chi connectivity index (χ4n) is 2.49. The standard InChI is InChI=1S/C18H11ClF3NO5/c1-9(24)15(16(25)10-2-5-12(19)6-3-10)17(26)13-7-4-11(18(20,21)22)8-14(13)23(27)28/h2-8,15H,1H3. The minimum Gasteiger partial charge on any atom is -0.299 e. The maximum atomic E-state index is 12.8. The first-order chi connectivity index (χ1) is 12.9. The van der Waals surface area contributed by atoms with Crippen LogP contribution in [0.2, 0.25) is 5.02 Å². The highest BCUT2D eigenvalue weighted by atomic mass is 35.5. The molecule has 1 unspecified atom stereocenters. The summed E-state index contributed by atoms with van der Waals surface area (Å²) in [6.07, 6.45) is -4.87. The van der Waals surface area contributed by atoms with Gasteiger partial charge in [-0.1, -0.05) is 11.6 Å². The molecule has 0 aliphatic carbocycles. The predicted octanol–water partition coefficient (Wildman–Crippen LogP) is 4.54. The maximum absolute atomic E-state index is 12.8. The summed E-state index contributed by atoms with van der Waals surface area (Å²) in [7, 11) is 0. The number of halogens is 4. The van der Waals surface area contributed by atoms with Crippen LogP contribution < -0.4 is 0 Å². The molecule has 2 rings (SSSR count). The Labute approximate surface area is 161 Å². The van der Waals surface area contributed by atoms with Crippen LogP contribution in [-0.4, -0.2) is 22.3 Å². The monoisotopic (exact) mass is 413 g/mol. The molecule has 0 aromatic heterocycles. The second kappa shape index (κ2) is 7.89. The number of carbonyl (C=O) groups excluding carboxylic acids is 3. The van der Waals surface area contributed by atoms with Crippen molar-refractivity contribution in [3.8, 4) is 0 Å². The molecule has 0 heterocycles. The van der Waals surface area contributed by atoms with Crippen LogP contribution in [0.25, 0.3) is 0 Å². The summed E-state index contributed by atoms with van der Waals surface area (Å²) in [6.45, 7) is 0.937. The molecule has 0 aliphatic heterocycles. The highest BCUT2D eigenvalue weighted by molar-refractivity contribution is 6.31. The van der Waals surface area contributed by atoms with Gasteiger partial charge in [0.05, 0.1) is 16.1 Å². The molecule has 0 amide bonds. The Morgan fingerprint density at radius 1 is 1.04 bits per heavy atom. The maximum Gasteiger partial charge on any atom is 0.416 e. The third-order valence-corrected chi connectivity index (χ3v) is 4.10. The smallest absolute Gasteiger partial charge is 0.299 e. The first-order valence-corrected chi connectivity index (χ1v) is 8.01.